The lowest BCUT2D eigenvalue weighted by Crippen LogP contribution is -2.41. The molecule has 0 fully saturated rings. The van der Waals surface area contributed by atoms with E-state index in [4.69, 9.17) is 5.26 Å². The first-order chi connectivity index (χ1) is 6.49. The van der Waals surface area contributed by atoms with Crippen molar-refractivity contribution in [3.63, 3.8) is 0 Å². The Hall–Kier alpha value is -1.04. The molecule has 0 rings (SSSR count). The molecule has 80 valence electrons. The molecule has 1 amide bonds. The zero-order valence-electron chi connectivity index (χ0n) is 9.63. The largest absolute Gasteiger partial charge is 0.329 e. The monoisotopic (exact) mass is 196 g/mol. The van der Waals surface area contributed by atoms with Gasteiger partial charge in [0.1, 0.15) is 6.54 Å². The van der Waals surface area contributed by atoms with Crippen LogP contribution >= 0.6 is 0 Å². The van der Waals surface area contributed by atoms with E-state index in [0.717, 1.165) is 12.8 Å². The highest BCUT2D eigenvalue weighted by molar-refractivity contribution is 5.82. The van der Waals surface area contributed by atoms with Gasteiger partial charge in [-0.05, 0) is 12.8 Å². The van der Waals surface area contributed by atoms with Gasteiger partial charge in [-0.3, -0.25) is 4.79 Å². The van der Waals surface area contributed by atoms with Gasteiger partial charge in [-0.15, -0.1) is 0 Å². The molecule has 0 N–H and O–H groups in total. The third-order valence-corrected chi connectivity index (χ3v) is 2.51. The summed E-state index contributed by atoms with van der Waals surface area (Å²) in [7, 11) is 0. The molecular weight excluding hydrogens is 176 g/mol. The Morgan fingerprint density at radius 1 is 1.43 bits per heavy atom. The van der Waals surface area contributed by atoms with E-state index in [2.05, 4.69) is 0 Å². The fourth-order valence-electron chi connectivity index (χ4n) is 1.19. The molecular formula is C11H20N2O. The molecule has 0 atom stereocenters. The second-order valence-electron chi connectivity index (χ2n) is 4.12. The molecule has 0 saturated carbocycles. The zero-order chi connectivity index (χ0) is 11.2. The minimum absolute atomic E-state index is 0.0865. The first-order valence-corrected chi connectivity index (χ1v) is 5.16. The summed E-state index contributed by atoms with van der Waals surface area (Å²) in [6.45, 7) is 8.74. The van der Waals surface area contributed by atoms with Crippen LogP contribution in [0.15, 0.2) is 0 Å². The molecule has 0 aromatic carbocycles. The molecule has 0 aliphatic heterocycles. The summed E-state index contributed by atoms with van der Waals surface area (Å²) >= 11 is 0. The number of nitrogens with zero attached hydrogens (tertiary/aromatic N) is 2. The molecule has 0 aliphatic rings. The van der Waals surface area contributed by atoms with Gasteiger partial charge in [0, 0.05) is 12.0 Å². The van der Waals surface area contributed by atoms with E-state index in [1.54, 1.807) is 4.90 Å². The first kappa shape index (κ1) is 13.0. The highest BCUT2D eigenvalue weighted by atomic mass is 16.2. The van der Waals surface area contributed by atoms with Gasteiger partial charge < -0.3 is 4.90 Å². The van der Waals surface area contributed by atoms with Crippen LogP contribution < -0.4 is 0 Å². The van der Waals surface area contributed by atoms with Crippen LogP contribution in [0.4, 0.5) is 0 Å². The van der Waals surface area contributed by atoms with E-state index in [1.165, 1.54) is 0 Å². The highest BCUT2D eigenvalue weighted by Crippen LogP contribution is 2.22. The normalized spacial score (nSPS) is 10.8. The van der Waals surface area contributed by atoms with Crippen LogP contribution in [0, 0.1) is 16.7 Å². The molecule has 0 aromatic heterocycles. The topological polar surface area (TPSA) is 44.1 Å². The lowest BCUT2D eigenvalue weighted by atomic mass is 9.88. The SMILES string of the molecule is CCCN(CC#N)C(=O)C(C)(C)CC. The zero-order valence-corrected chi connectivity index (χ0v) is 9.63. The van der Waals surface area contributed by atoms with Gasteiger partial charge in [0.25, 0.3) is 0 Å². The molecule has 3 heteroatoms. The fraction of sp³-hybridized carbons (Fsp3) is 0.818. The number of amides is 1. The Morgan fingerprint density at radius 3 is 2.36 bits per heavy atom. The number of hydrogen-bond donors (Lipinski definition) is 0. The molecule has 0 radical (unpaired) electrons. The number of nitriles is 1. The van der Waals surface area contributed by atoms with Crippen LogP contribution in [-0.2, 0) is 4.79 Å². The van der Waals surface area contributed by atoms with Gasteiger partial charge in [0.05, 0.1) is 6.07 Å². The number of carbonyl (C=O) groups excluding carboxylic acids is 1. The number of carbonyl (C=O) groups is 1. The Labute approximate surface area is 86.7 Å². The molecule has 0 heterocycles. The van der Waals surface area contributed by atoms with Gasteiger partial charge in [-0.2, -0.15) is 5.26 Å². The van der Waals surface area contributed by atoms with Crippen LogP contribution in [0.1, 0.15) is 40.5 Å². The molecule has 0 aromatic rings. The van der Waals surface area contributed by atoms with Gasteiger partial charge in [0.15, 0.2) is 0 Å². The lowest BCUT2D eigenvalue weighted by molar-refractivity contribution is -0.139. The summed E-state index contributed by atoms with van der Waals surface area (Å²) in [5, 5.41) is 8.61. The predicted molar refractivity (Wildman–Crippen MR) is 56.6 cm³/mol. The van der Waals surface area contributed by atoms with Crippen molar-refractivity contribution in [1.29, 1.82) is 5.26 Å². The summed E-state index contributed by atoms with van der Waals surface area (Å²) in [6.07, 6.45) is 1.70. The van der Waals surface area contributed by atoms with Crippen LogP contribution in [-0.4, -0.2) is 23.9 Å². The second-order valence-corrected chi connectivity index (χ2v) is 4.12. The van der Waals surface area contributed by atoms with Crippen LogP contribution in [0.5, 0.6) is 0 Å². The van der Waals surface area contributed by atoms with Gasteiger partial charge in [0.2, 0.25) is 5.91 Å². The summed E-state index contributed by atoms with van der Waals surface area (Å²) in [4.78, 5) is 13.6. The first-order valence-electron chi connectivity index (χ1n) is 5.16. The van der Waals surface area contributed by atoms with Gasteiger partial charge >= 0.3 is 0 Å². The summed E-state index contributed by atoms with van der Waals surface area (Å²) in [6, 6.07) is 2.03. The smallest absolute Gasteiger partial charge is 0.229 e. The Morgan fingerprint density at radius 2 is 2.00 bits per heavy atom. The Balaban J connectivity index is 4.51. The summed E-state index contributed by atoms with van der Waals surface area (Å²) in [5.41, 5.74) is -0.341. The quantitative estimate of drug-likeness (QED) is 0.633. The van der Waals surface area contributed by atoms with E-state index in [9.17, 15) is 4.79 Å². The summed E-state index contributed by atoms with van der Waals surface area (Å²) < 4.78 is 0. The van der Waals surface area contributed by atoms with Crippen LogP contribution in [0.3, 0.4) is 0 Å². The van der Waals surface area contributed by atoms with Crippen molar-refractivity contribution in [3.8, 4) is 6.07 Å². The van der Waals surface area contributed by atoms with Crippen LogP contribution in [0.25, 0.3) is 0 Å². The van der Waals surface area contributed by atoms with E-state index < -0.39 is 0 Å². The standard InChI is InChI=1S/C11H20N2O/c1-5-8-13(9-7-12)10(14)11(3,4)6-2/h5-6,8-9H2,1-4H3. The molecule has 14 heavy (non-hydrogen) atoms. The minimum Gasteiger partial charge on any atom is -0.329 e. The maximum atomic E-state index is 12.0. The average Bonchev–Trinajstić information content (AvgIpc) is 2.16. The van der Waals surface area contributed by atoms with E-state index in [1.807, 2.05) is 33.8 Å². The Kier molecular flexibility index (Phi) is 5.22. The summed E-state index contributed by atoms with van der Waals surface area (Å²) in [5.74, 6) is 0.0865. The van der Waals surface area contributed by atoms with Crippen molar-refractivity contribution < 1.29 is 4.79 Å². The van der Waals surface area contributed by atoms with Crippen molar-refractivity contribution in [2.75, 3.05) is 13.1 Å². The molecule has 0 saturated heterocycles. The molecule has 3 nitrogen and oxygen atoms in total. The lowest BCUT2D eigenvalue weighted by Gasteiger charge is -2.29. The molecule has 0 spiro atoms. The van der Waals surface area contributed by atoms with Crippen molar-refractivity contribution in [3.05, 3.63) is 0 Å². The molecule has 0 bridgehead atoms. The van der Waals surface area contributed by atoms with Crippen LogP contribution in [0.2, 0.25) is 0 Å². The van der Waals surface area contributed by atoms with E-state index in [-0.39, 0.29) is 17.9 Å². The van der Waals surface area contributed by atoms with Crippen molar-refractivity contribution in [2.24, 2.45) is 5.41 Å². The van der Waals surface area contributed by atoms with E-state index >= 15 is 0 Å². The Bertz CT molecular complexity index is 228. The average molecular weight is 196 g/mol. The minimum atomic E-state index is -0.341. The predicted octanol–water partition coefficient (Wildman–Crippen LogP) is 2.18. The number of hydrogen-bond acceptors (Lipinski definition) is 2. The van der Waals surface area contributed by atoms with Gasteiger partial charge in [-0.25, -0.2) is 0 Å². The van der Waals surface area contributed by atoms with Gasteiger partial charge in [-0.1, -0.05) is 27.7 Å². The maximum absolute atomic E-state index is 12.0. The second kappa shape index (κ2) is 5.64. The van der Waals surface area contributed by atoms with Crippen molar-refractivity contribution in [1.82, 2.24) is 4.90 Å². The molecule has 0 unspecified atom stereocenters. The van der Waals surface area contributed by atoms with Crippen molar-refractivity contribution in [2.45, 2.75) is 40.5 Å². The number of rotatable bonds is 5. The third-order valence-electron chi connectivity index (χ3n) is 2.51. The third kappa shape index (κ3) is 3.37. The maximum Gasteiger partial charge on any atom is 0.229 e. The highest BCUT2D eigenvalue weighted by Gasteiger charge is 2.29. The van der Waals surface area contributed by atoms with Crippen molar-refractivity contribution >= 4 is 5.91 Å². The molecule has 0 aliphatic carbocycles. The van der Waals surface area contributed by atoms with E-state index in [0.29, 0.717) is 6.54 Å². The fourth-order valence-corrected chi connectivity index (χ4v) is 1.19.